The minimum Gasteiger partial charge on any atom is -0.492 e. The zero-order valence-electron chi connectivity index (χ0n) is 14.0. The van der Waals surface area contributed by atoms with E-state index in [0.29, 0.717) is 10.8 Å². The number of nitrogens with one attached hydrogen (secondary N) is 1. The normalized spacial score (nSPS) is 11.0. The first kappa shape index (κ1) is 20.4. The van der Waals surface area contributed by atoms with Gasteiger partial charge in [0.2, 0.25) is 15.9 Å². The molecule has 2 rings (SSSR count). The summed E-state index contributed by atoms with van der Waals surface area (Å²) in [4.78, 5) is 12.1. The molecule has 2 aromatic rings. The summed E-state index contributed by atoms with van der Waals surface area (Å²) in [6.45, 7) is 0.135. The molecule has 2 aromatic carbocycles. The van der Waals surface area contributed by atoms with E-state index in [2.05, 4.69) is 5.32 Å². The number of amides is 1. The standard InChI is InChI=1S/C17H18Cl2N2O4S/c1-26(23,24)21(13-7-8-15(18)16(19)11-13)12-17(22)20-9-10-25-14-5-3-2-4-6-14/h2-8,11H,9-10,12H2,1H3,(H,20,22). The molecule has 140 valence electrons. The largest absolute Gasteiger partial charge is 0.492 e. The van der Waals surface area contributed by atoms with Crippen molar-refractivity contribution in [2.45, 2.75) is 0 Å². The van der Waals surface area contributed by atoms with E-state index in [-0.39, 0.29) is 30.4 Å². The van der Waals surface area contributed by atoms with Crippen molar-refractivity contribution < 1.29 is 17.9 Å². The Bertz CT molecular complexity index is 860. The summed E-state index contributed by atoms with van der Waals surface area (Å²) in [6.07, 6.45) is 1.02. The zero-order valence-corrected chi connectivity index (χ0v) is 16.3. The molecule has 0 unspecified atom stereocenters. The Kier molecular flexibility index (Phi) is 7.14. The molecular formula is C17H18Cl2N2O4S. The van der Waals surface area contributed by atoms with Gasteiger partial charge in [-0.05, 0) is 30.3 Å². The number of hydrogen-bond acceptors (Lipinski definition) is 4. The summed E-state index contributed by atoms with van der Waals surface area (Å²) in [5.74, 6) is 0.230. The molecule has 0 spiro atoms. The van der Waals surface area contributed by atoms with Crippen molar-refractivity contribution in [2.75, 3.05) is 30.3 Å². The van der Waals surface area contributed by atoms with Gasteiger partial charge in [-0.1, -0.05) is 41.4 Å². The summed E-state index contributed by atoms with van der Waals surface area (Å²) >= 11 is 11.8. The first-order valence-electron chi connectivity index (χ1n) is 7.64. The highest BCUT2D eigenvalue weighted by atomic mass is 35.5. The van der Waals surface area contributed by atoms with Gasteiger partial charge in [-0.3, -0.25) is 9.10 Å². The molecular weight excluding hydrogens is 399 g/mol. The van der Waals surface area contributed by atoms with E-state index in [1.807, 2.05) is 18.2 Å². The highest BCUT2D eigenvalue weighted by Crippen LogP contribution is 2.28. The fraction of sp³-hybridized carbons (Fsp3) is 0.235. The highest BCUT2D eigenvalue weighted by Gasteiger charge is 2.21. The van der Waals surface area contributed by atoms with Gasteiger partial charge in [-0.25, -0.2) is 8.42 Å². The predicted molar refractivity (Wildman–Crippen MR) is 104 cm³/mol. The van der Waals surface area contributed by atoms with E-state index in [4.69, 9.17) is 27.9 Å². The number of carbonyl (C=O) groups excluding carboxylic acids is 1. The number of benzene rings is 2. The van der Waals surface area contributed by atoms with Crippen molar-refractivity contribution in [2.24, 2.45) is 0 Å². The van der Waals surface area contributed by atoms with Gasteiger partial charge < -0.3 is 10.1 Å². The number of carbonyl (C=O) groups is 1. The Morgan fingerprint density at radius 2 is 1.81 bits per heavy atom. The van der Waals surface area contributed by atoms with Gasteiger partial charge in [0.1, 0.15) is 18.9 Å². The summed E-state index contributed by atoms with van der Waals surface area (Å²) in [5, 5.41) is 3.12. The second-order valence-electron chi connectivity index (χ2n) is 5.38. The number of para-hydroxylation sites is 1. The van der Waals surface area contributed by atoms with Gasteiger partial charge in [0.15, 0.2) is 0 Å². The van der Waals surface area contributed by atoms with E-state index >= 15 is 0 Å². The Balaban J connectivity index is 1.93. The average Bonchev–Trinajstić information content (AvgIpc) is 2.59. The quantitative estimate of drug-likeness (QED) is 0.671. The molecule has 0 aromatic heterocycles. The molecule has 26 heavy (non-hydrogen) atoms. The van der Waals surface area contributed by atoms with E-state index in [1.165, 1.54) is 18.2 Å². The van der Waals surface area contributed by atoms with Gasteiger partial charge in [0.25, 0.3) is 0 Å². The lowest BCUT2D eigenvalue weighted by Crippen LogP contribution is -2.41. The molecule has 0 atom stereocenters. The summed E-state index contributed by atoms with van der Waals surface area (Å²) in [7, 11) is -3.68. The smallest absolute Gasteiger partial charge is 0.240 e. The minimum absolute atomic E-state index is 0.203. The van der Waals surface area contributed by atoms with Crippen molar-refractivity contribution in [3.63, 3.8) is 0 Å². The van der Waals surface area contributed by atoms with Crippen LogP contribution in [-0.2, 0) is 14.8 Å². The second-order valence-corrected chi connectivity index (χ2v) is 8.10. The van der Waals surface area contributed by atoms with Crippen LogP contribution in [0, 0.1) is 0 Å². The average molecular weight is 417 g/mol. The molecule has 0 fully saturated rings. The summed E-state index contributed by atoms with van der Waals surface area (Å²) < 4.78 is 30.5. The van der Waals surface area contributed by atoms with Crippen LogP contribution >= 0.6 is 23.2 Å². The van der Waals surface area contributed by atoms with Crippen LogP contribution in [0.1, 0.15) is 0 Å². The third kappa shape index (κ3) is 6.09. The lowest BCUT2D eigenvalue weighted by atomic mass is 10.3. The van der Waals surface area contributed by atoms with Crippen molar-refractivity contribution in [1.82, 2.24) is 5.32 Å². The maximum Gasteiger partial charge on any atom is 0.240 e. The van der Waals surface area contributed by atoms with Crippen LogP contribution in [0.4, 0.5) is 5.69 Å². The number of rotatable bonds is 8. The molecule has 0 aliphatic carbocycles. The number of ether oxygens (including phenoxy) is 1. The minimum atomic E-state index is -3.68. The zero-order chi connectivity index (χ0) is 19.2. The molecule has 0 heterocycles. The maximum atomic E-state index is 12.1. The van der Waals surface area contributed by atoms with Crippen molar-refractivity contribution >= 4 is 44.8 Å². The molecule has 1 N–H and O–H groups in total. The number of hydrogen-bond donors (Lipinski definition) is 1. The molecule has 0 saturated carbocycles. The van der Waals surface area contributed by atoms with E-state index < -0.39 is 15.9 Å². The van der Waals surface area contributed by atoms with Gasteiger partial charge in [-0.2, -0.15) is 0 Å². The maximum absolute atomic E-state index is 12.1. The van der Waals surface area contributed by atoms with E-state index in [1.54, 1.807) is 12.1 Å². The lowest BCUT2D eigenvalue weighted by Gasteiger charge is -2.22. The van der Waals surface area contributed by atoms with Gasteiger partial charge in [0.05, 0.1) is 28.5 Å². The Morgan fingerprint density at radius 1 is 1.12 bits per heavy atom. The summed E-state index contributed by atoms with van der Waals surface area (Å²) in [5.41, 5.74) is 0.262. The monoisotopic (exact) mass is 416 g/mol. The SMILES string of the molecule is CS(=O)(=O)N(CC(=O)NCCOc1ccccc1)c1ccc(Cl)c(Cl)c1. The van der Waals surface area contributed by atoms with Crippen LogP contribution in [-0.4, -0.2) is 40.3 Å². The number of nitrogens with zero attached hydrogens (tertiary/aromatic N) is 1. The number of halogens is 2. The first-order chi connectivity index (χ1) is 12.3. The molecule has 6 nitrogen and oxygen atoms in total. The van der Waals surface area contributed by atoms with Gasteiger partial charge in [-0.15, -0.1) is 0 Å². The number of anilines is 1. The molecule has 0 bridgehead atoms. The van der Waals surface area contributed by atoms with E-state index in [0.717, 1.165) is 10.6 Å². The van der Waals surface area contributed by atoms with Crippen LogP contribution < -0.4 is 14.4 Å². The van der Waals surface area contributed by atoms with E-state index in [9.17, 15) is 13.2 Å². The van der Waals surface area contributed by atoms with Crippen LogP contribution in [0.2, 0.25) is 10.0 Å². The summed E-state index contributed by atoms with van der Waals surface area (Å²) in [6, 6.07) is 13.5. The predicted octanol–water partition coefficient (Wildman–Crippen LogP) is 2.95. The number of sulfonamides is 1. The Hall–Kier alpha value is -1.96. The lowest BCUT2D eigenvalue weighted by molar-refractivity contribution is -0.119. The molecule has 0 saturated heterocycles. The fourth-order valence-corrected chi connectivity index (χ4v) is 3.24. The van der Waals surface area contributed by atoms with Gasteiger partial charge >= 0.3 is 0 Å². The highest BCUT2D eigenvalue weighted by molar-refractivity contribution is 7.92. The topological polar surface area (TPSA) is 75.7 Å². The molecule has 0 radical (unpaired) electrons. The van der Waals surface area contributed by atoms with Crippen LogP contribution in [0.25, 0.3) is 0 Å². The third-order valence-corrected chi connectivity index (χ3v) is 5.19. The van der Waals surface area contributed by atoms with Gasteiger partial charge in [0, 0.05) is 0 Å². The fourth-order valence-electron chi connectivity index (χ4n) is 2.10. The molecule has 9 heteroatoms. The third-order valence-electron chi connectivity index (χ3n) is 3.31. The first-order valence-corrected chi connectivity index (χ1v) is 10.2. The molecule has 0 aliphatic heterocycles. The van der Waals surface area contributed by atoms with Crippen molar-refractivity contribution in [3.05, 3.63) is 58.6 Å². The Morgan fingerprint density at radius 3 is 2.42 bits per heavy atom. The molecule has 0 aliphatic rings. The van der Waals surface area contributed by atoms with Crippen LogP contribution in [0.15, 0.2) is 48.5 Å². The van der Waals surface area contributed by atoms with Crippen LogP contribution in [0.5, 0.6) is 5.75 Å². The second kappa shape index (κ2) is 9.12. The Labute approximate surface area is 162 Å². The van der Waals surface area contributed by atoms with Crippen molar-refractivity contribution in [1.29, 1.82) is 0 Å². The van der Waals surface area contributed by atoms with Crippen molar-refractivity contribution in [3.8, 4) is 5.75 Å². The molecule has 1 amide bonds. The van der Waals surface area contributed by atoms with Crippen LogP contribution in [0.3, 0.4) is 0 Å².